The SMILES string of the molecule is CN(CCCCC(C)(C)C(N)=NO)CC(F)(F)F. The molecule has 0 aromatic carbocycles. The van der Waals surface area contributed by atoms with E-state index in [2.05, 4.69) is 5.16 Å². The summed E-state index contributed by atoms with van der Waals surface area (Å²) in [5.74, 6) is 0.145. The second-order valence-electron chi connectivity index (χ2n) is 5.18. The monoisotopic (exact) mass is 269 g/mol. The number of nitrogens with two attached hydrogens (primary N) is 1. The van der Waals surface area contributed by atoms with Gasteiger partial charge in [-0.1, -0.05) is 25.4 Å². The quantitative estimate of drug-likeness (QED) is 0.245. The summed E-state index contributed by atoms with van der Waals surface area (Å²) in [6.45, 7) is 3.16. The molecule has 0 bridgehead atoms. The second-order valence-corrected chi connectivity index (χ2v) is 5.18. The van der Waals surface area contributed by atoms with Gasteiger partial charge in [0.25, 0.3) is 0 Å². The van der Waals surface area contributed by atoms with Crippen molar-refractivity contribution in [1.29, 1.82) is 0 Å². The number of alkyl halides is 3. The Kier molecular flexibility index (Phi) is 6.45. The fraction of sp³-hybridized carbons (Fsp3) is 0.909. The molecule has 3 N–H and O–H groups in total. The normalized spacial score (nSPS) is 14.3. The molecule has 0 aliphatic rings. The van der Waals surface area contributed by atoms with Crippen molar-refractivity contribution in [2.45, 2.75) is 39.3 Å². The number of halogens is 3. The van der Waals surface area contributed by atoms with Crippen LogP contribution in [-0.2, 0) is 0 Å². The number of hydrogen-bond acceptors (Lipinski definition) is 3. The van der Waals surface area contributed by atoms with Crippen LogP contribution in [0.4, 0.5) is 13.2 Å². The van der Waals surface area contributed by atoms with Crippen molar-refractivity contribution in [3.63, 3.8) is 0 Å². The van der Waals surface area contributed by atoms with Crippen LogP contribution in [0.1, 0.15) is 33.1 Å². The van der Waals surface area contributed by atoms with Crippen LogP contribution in [0.5, 0.6) is 0 Å². The highest BCUT2D eigenvalue weighted by Gasteiger charge is 2.29. The highest BCUT2D eigenvalue weighted by Crippen LogP contribution is 2.23. The fourth-order valence-electron chi connectivity index (χ4n) is 1.60. The van der Waals surface area contributed by atoms with Gasteiger partial charge in [-0.3, -0.25) is 4.90 Å². The summed E-state index contributed by atoms with van der Waals surface area (Å²) in [4.78, 5) is 1.25. The third-order valence-corrected chi connectivity index (χ3v) is 2.84. The van der Waals surface area contributed by atoms with E-state index in [1.165, 1.54) is 11.9 Å². The van der Waals surface area contributed by atoms with Crippen molar-refractivity contribution in [2.75, 3.05) is 20.1 Å². The second kappa shape index (κ2) is 6.82. The van der Waals surface area contributed by atoms with Gasteiger partial charge < -0.3 is 10.9 Å². The third kappa shape index (κ3) is 7.37. The molecule has 0 aromatic rings. The molecular formula is C11H22F3N3O. The first-order chi connectivity index (χ1) is 8.08. The van der Waals surface area contributed by atoms with Gasteiger partial charge in [0.2, 0.25) is 0 Å². The van der Waals surface area contributed by atoms with E-state index in [-0.39, 0.29) is 5.84 Å². The Morgan fingerprint density at radius 3 is 2.28 bits per heavy atom. The van der Waals surface area contributed by atoms with Crippen molar-refractivity contribution in [3.05, 3.63) is 0 Å². The molecule has 0 atom stereocenters. The van der Waals surface area contributed by atoms with Gasteiger partial charge in [0.05, 0.1) is 6.54 Å². The molecule has 0 heterocycles. The first-order valence-corrected chi connectivity index (χ1v) is 5.82. The lowest BCUT2D eigenvalue weighted by atomic mass is 9.86. The molecular weight excluding hydrogens is 247 g/mol. The minimum absolute atomic E-state index is 0.145. The predicted molar refractivity (Wildman–Crippen MR) is 64.6 cm³/mol. The number of oxime groups is 1. The summed E-state index contributed by atoms with van der Waals surface area (Å²) >= 11 is 0. The van der Waals surface area contributed by atoms with E-state index in [1.54, 1.807) is 0 Å². The summed E-state index contributed by atoms with van der Waals surface area (Å²) in [6, 6.07) is 0. The van der Waals surface area contributed by atoms with Gasteiger partial charge in [-0.25, -0.2) is 0 Å². The van der Waals surface area contributed by atoms with Crippen LogP contribution >= 0.6 is 0 Å². The van der Waals surface area contributed by atoms with Crippen LogP contribution < -0.4 is 5.73 Å². The predicted octanol–water partition coefficient (Wildman–Crippen LogP) is 2.42. The van der Waals surface area contributed by atoms with Crippen LogP contribution in [0, 0.1) is 5.41 Å². The molecule has 0 aliphatic carbocycles. The van der Waals surface area contributed by atoms with Crippen LogP contribution in [-0.4, -0.2) is 42.3 Å². The minimum Gasteiger partial charge on any atom is -0.409 e. The Hall–Kier alpha value is -0.980. The zero-order valence-electron chi connectivity index (χ0n) is 11.1. The molecule has 0 saturated heterocycles. The van der Waals surface area contributed by atoms with Gasteiger partial charge in [0.1, 0.15) is 5.84 Å². The summed E-state index contributed by atoms with van der Waals surface area (Å²) in [7, 11) is 1.45. The average molecular weight is 269 g/mol. The van der Waals surface area contributed by atoms with E-state index in [9.17, 15) is 13.2 Å². The molecule has 0 radical (unpaired) electrons. The maximum atomic E-state index is 12.1. The van der Waals surface area contributed by atoms with E-state index in [0.29, 0.717) is 19.4 Å². The lowest BCUT2D eigenvalue weighted by molar-refractivity contribution is -0.143. The van der Waals surface area contributed by atoms with E-state index in [0.717, 1.165) is 6.42 Å². The van der Waals surface area contributed by atoms with E-state index < -0.39 is 18.1 Å². The fourth-order valence-corrected chi connectivity index (χ4v) is 1.60. The Morgan fingerprint density at radius 1 is 1.28 bits per heavy atom. The molecule has 7 heteroatoms. The summed E-state index contributed by atoms with van der Waals surface area (Å²) in [5, 5.41) is 11.5. The summed E-state index contributed by atoms with van der Waals surface area (Å²) in [6.07, 6.45) is -2.11. The average Bonchev–Trinajstić information content (AvgIpc) is 2.20. The Labute approximate surface area is 106 Å². The Bertz CT molecular complexity index is 277. The van der Waals surface area contributed by atoms with Crippen molar-refractivity contribution >= 4 is 5.84 Å². The molecule has 0 amide bonds. The molecule has 18 heavy (non-hydrogen) atoms. The zero-order valence-corrected chi connectivity index (χ0v) is 11.1. The van der Waals surface area contributed by atoms with Crippen LogP contribution in [0.25, 0.3) is 0 Å². The zero-order chi connectivity index (χ0) is 14.4. The van der Waals surface area contributed by atoms with Crippen LogP contribution in [0.15, 0.2) is 5.16 Å². The van der Waals surface area contributed by atoms with Gasteiger partial charge >= 0.3 is 6.18 Å². The van der Waals surface area contributed by atoms with Crippen molar-refractivity contribution < 1.29 is 18.4 Å². The third-order valence-electron chi connectivity index (χ3n) is 2.84. The molecule has 0 aliphatic heterocycles. The van der Waals surface area contributed by atoms with Gasteiger partial charge in [0, 0.05) is 5.41 Å². The van der Waals surface area contributed by atoms with E-state index in [4.69, 9.17) is 10.9 Å². The lowest BCUT2D eigenvalue weighted by Gasteiger charge is -2.23. The minimum atomic E-state index is -4.15. The molecule has 4 nitrogen and oxygen atoms in total. The van der Waals surface area contributed by atoms with Crippen molar-refractivity contribution in [3.8, 4) is 0 Å². The van der Waals surface area contributed by atoms with Crippen LogP contribution in [0.2, 0.25) is 0 Å². The highest BCUT2D eigenvalue weighted by molar-refractivity contribution is 5.85. The number of nitrogens with zero attached hydrogens (tertiary/aromatic N) is 2. The summed E-state index contributed by atoms with van der Waals surface area (Å²) in [5.41, 5.74) is 5.08. The highest BCUT2D eigenvalue weighted by atomic mass is 19.4. The molecule has 0 saturated carbocycles. The number of rotatable bonds is 7. The molecule has 0 spiro atoms. The lowest BCUT2D eigenvalue weighted by Crippen LogP contribution is -2.33. The number of amidine groups is 1. The maximum Gasteiger partial charge on any atom is 0.401 e. The first-order valence-electron chi connectivity index (χ1n) is 5.82. The summed E-state index contributed by atoms with van der Waals surface area (Å²) < 4.78 is 36.2. The molecule has 0 unspecified atom stereocenters. The molecule has 108 valence electrons. The van der Waals surface area contributed by atoms with Gasteiger partial charge in [0.15, 0.2) is 0 Å². The van der Waals surface area contributed by atoms with Crippen molar-refractivity contribution in [1.82, 2.24) is 4.90 Å². The molecule has 0 aromatic heterocycles. The first kappa shape index (κ1) is 17.0. The maximum absolute atomic E-state index is 12.1. The number of unbranched alkanes of at least 4 members (excludes halogenated alkanes) is 1. The number of hydrogen-bond donors (Lipinski definition) is 2. The van der Waals surface area contributed by atoms with Gasteiger partial charge in [-0.15, -0.1) is 0 Å². The Balaban J connectivity index is 3.87. The Morgan fingerprint density at radius 2 is 1.83 bits per heavy atom. The topological polar surface area (TPSA) is 61.8 Å². The molecule has 0 fully saturated rings. The van der Waals surface area contributed by atoms with Gasteiger partial charge in [-0.2, -0.15) is 13.2 Å². The standard InChI is InChI=1S/C11H22F3N3O/c1-10(2,9(15)16-18)6-4-5-7-17(3)8-11(12,13)14/h18H,4-8H2,1-3H3,(H2,15,16). The van der Waals surface area contributed by atoms with Crippen LogP contribution in [0.3, 0.4) is 0 Å². The van der Waals surface area contributed by atoms with E-state index in [1.807, 2.05) is 13.8 Å². The van der Waals surface area contributed by atoms with Crippen molar-refractivity contribution in [2.24, 2.45) is 16.3 Å². The van der Waals surface area contributed by atoms with Gasteiger partial charge in [-0.05, 0) is 26.4 Å². The smallest absolute Gasteiger partial charge is 0.401 e. The van der Waals surface area contributed by atoms with E-state index >= 15 is 0 Å². The molecule has 0 rings (SSSR count). The largest absolute Gasteiger partial charge is 0.409 e.